The summed E-state index contributed by atoms with van der Waals surface area (Å²) in [5.74, 6) is -0.110. The van der Waals surface area contributed by atoms with Gasteiger partial charge < -0.3 is 10.6 Å². The van der Waals surface area contributed by atoms with Crippen molar-refractivity contribution < 1.29 is 13.2 Å². The molecule has 1 amide bonds. The molecule has 0 radical (unpaired) electrons. The van der Waals surface area contributed by atoms with Crippen LogP contribution in [0.5, 0.6) is 0 Å². The van der Waals surface area contributed by atoms with E-state index < -0.39 is 10.0 Å². The van der Waals surface area contributed by atoms with Gasteiger partial charge in [-0.15, -0.1) is 0 Å². The number of rotatable bonds is 3. The summed E-state index contributed by atoms with van der Waals surface area (Å²) in [5.41, 5.74) is 0.526. The molecule has 4 N–H and O–H groups in total. The van der Waals surface area contributed by atoms with Crippen molar-refractivity contribution in [3.63, 3.8) is 0 Å². The number of sulfonamides is 1. The minimum Gasteiger partial charge on any atom is -0.324 e. The minimum absolute atomic E-state index is 0.0000321. The molecule has 1 fully saturated rings. The van der Waals surface area contributed by atoms with Crippen LogP contribution < -0.4 is 15.8 Å². The number of halogens is 1. The van der Waals surface area contributed by atoms with E-state index in [2.05, 4.69) is 26.6 Å². The molecule has 21 heavy (non-hydrogen) atoms. The molecule has 1 heterocycles. The fourth-order valence-corrected chi connectivity index (χ4v) is 3.42. The van der Waals surface area contributed by atoms with E-state index in [1.807, 2.05) is 0 Å². The highest BCUT2D eigenvalue weighted by Gasteiger charge is 2.20. The Balaban J connectivity index is 2.10. The number of hydrogen-bond acceptors (Lipinski definition) is 4. The number of anilines is 1. The van der Waals surface area contributed by atoms with Gasteiger partial charge in [-0.25, -0.2) is 13.6 Å². The molecule has 0 aliphatic carbocycles. The number of benzene rings is 1. The molecule has 116 valence electrons. The molecule has 2 rings (SSSR count). The Morgan fingerprint density at radius 1 is 1.33 bits per heavy atom. The molecule has 1 aromatic rings. The van der Waals surface area contributed by atoms with Gasteiger partial charge >= 0.3 is 0 Å². The Morgan fingerprint density at radius 2 is 2.10 bits per heavy atom. The highest BCUT2D eigenvalue weighted by atomic mass is 79.9. The number of amides is 1. The Labute approximate surface area is 132 Å². The minimum atomic E-state index is -3.75. The van der Waals surface area contributed by atoms with E-state index >= 15 is 0 Å². The first-order valence-electron chi connectivity index (χ1n) is 6.74. The van der Waals surface area contributed by atoms with Crippen LogP contribution in [0.2, 0.25) is 0 Å². The van der Waals surface area contributed by atoms with Gasteiger partial charge in [0.1, 0.15) is 0 Å². The molecule has 0 saturated carbocycles. The van der Waals surface area contributed by atoms with Crippen molar-refractivity contribution in [1.82, 2.24) is 5.32 Å². The Morgan fingerprint density at radius 3 is 2.76 bits per heavy atom. The van der Waals surface area contributed by atoms with Crippen LogP contribution in [0, 0.1) is 0 Å². The van der Waals surface area contributed by atoms with Gasteiger partial charge in [-0.1, -0.05) is 12.8 Å². The predicted molar refractivity (Wildman–Crippen MR) is 84.4 cm³/mol. The summed E-state index contributed by atoms with van der Waals surface area (Å²) in [6, 6.07) is 4.07. The van der Waals surface area contributed by atoms with Crippen LogP contribution in [0.25, 0.3) is 0 Å². The van der Waals surface area contributed by atoms with Crippen LogP contribution >= 0.6 is 15.9 Å². The van der Waals surface area contributed by atoms with E-state index in [0.29, 0.717) is 10.2 Å². The van der Waals surface area contributed by atoms with Gasteiger partial charge in [-0.2, -0.15) is 0 Å². The zero-order chi connectivity index (χ0) is 15.5. The summed E-state index contributed by atoms with van der Waals surface area (Å²) >= 11 is 3.25. The van der Waals surface area contributed by atoms with Crippen LogP contribution in [0.15, 0.2) is 27.6 Å². The number of nitrogens with two attached hydrogens (primary N) is 1. The number of carbonyl (C=O) groups is 1. The molecule has 1 unspecified atom stereocenters. The zero-order valence-corrected chi connectivity index (χ0v) is 13.8. The highest BCUT2D eigenvalue weighted by Crippen LogP contribution is 2.25. The number of nitrogens with one attached hydrogen (secondary N) is 2. The third-order valence-corrected chi connectivity index (χ3v) is 4.97. The lowest BCUT2D eigenvalue weighted by Crippen LogP contribution is -2.39. The maximum atomic E-state index is 12.2. The van der Waals surface area contributed by atoms with Gasteiger partial charge in [0.25, 0.3) is 0 Å². The van der Waals surface area contributed by atoms with E-state index in [0.717, 1.165) is 32.2 Å². The third kappa shape index (κ3) is 4.50. The van der Waals surface area contributed by atoms with Gasteiger partial charge in [0.15, 0.2) is 0 Å². The van der Waals surface area contributed by atoms with Crippen LogP contribution in [0.3, 0.4) is 0 Å². The van der Waals surface area contributed by atoms with Crippen molar-refractivity contribution in [1.29, 1.82) is 0 Å². The van der Waals surface area contributed by atoms with Gasteiger partial charge in [-0.3, -0.25) is 4.79 Å². The van der Waals surface area contributed by atoms with Gasteiger partial charge in [0.05, 0.1) is 16.6 Å². The van der Waals surface area contributed by atoms with Crippen molar-refractivity contribution in [2.75, 3.05) is 11.9 Å². The number of hydrogen-bond donors (Lipinski definition) is 3. The standard InChI is InChI=1S/C13H18BrN3O3S/c14-10-8-9(21(15,19)20)5-6-11(10)17-13(18)12-4-2-1-3-7-16-12/h5-6,8,12,16H,1-4,7H2,(H,17,18)(H2,15,19,20). The first-order valence-corrected chi connectivity index (χ1v) is 9.08. The van der Waals surface area contributed by atoms with Crippen LogP contribution in [-0.2, 0) is 14.8 Å². The first-order chi connectivity index (χ1) is 9.88. The molecule has 1 aliphatic heterocycles. The highest BCUT2D eigenvalue weighted by molar-refractivity contribution is 9.10. The summed E-state index contributed by atoms with van der Waals surface area (Å²) in [6.07, 6.45) is 4.04. The second kappa shape index (κ2) is 6.87. The van der Waals surface area contributed by atoms with Crippen molar-refractivity contribution in [2.45, 2.75) is 36.6 Å². The molecule has 8 heteroatoms. The van der Waals surface area contributed by atoms with E-state index in [-0.39, 0.29) is 16.8 Å². The molecule has 0 bridgehead atoms. The Bertz CT molecular complexity index is 626. The van der Waals surface area contributed by atoms with Crippen molar-refractivity contribution in [3.8, 4) is 0 Å². The second-order valence-electron chi connectivity index (χ2n) is 5.03. The second-order valence-corrected chi connectivity index (χ2v) is 7.45. The van der Waals surface area contributed by atoms with E-state index in [1.54, 1.807) is 0 Å². The van der Waals surface area contributed by atoms with Crippen LogP contribution in [-0.4, -0.2) is 26.9 Å². The van der Waals surface area contributed by atoms with Crippen LogP contribution in [0.4, 0.5) is 5.69 Å². The SMILES string of the molecule is NS(=O)(=O)c1ccc(NC(=O)C2CCCCCN2)c(Br)c1. The summed E-state index contributed by atoms with van der Waals surface area (Å²) in [4.78, 5) is 12.2. The lowest BCUT2D eigenvalue weighted by Gasteiger charge is -2.16. The molecule has 6 nitrogen and oxygen atoms in total. The summed E-state index contributed by atoms with van der Waals surface area (Å²) in [5, 5.41) is 11.1. The van der Waals surface area contributed by atoms with Gasteiger partial charge in [-0.05, 0) is 53.5 Å². The van der Waals surface area contributed by atoms with E-state index in [9.17, 15) is 13.2 Å². The first kappa shape index (κ1) is 16.4. The molecular weight excluding hydrogens is 358 g/mol. The lowest BCUT2D eigenvalue weighted by molar-refractivity contribution is -0.118. The van der Waals surface area contributed by atoms with Gasteiger partial charge in [0.2, 0.25) is 15.9 Å². The molecular formula is C13H18BrN3O3S. The largest absolute Gasteiger partial charge is 0.324 e. The Kier molecular flexibility index (Phi) is 5.37. The molecule has 1 aliphatic rings. The Hall–Kier alpha value is -0.960. The fourth-order valence-electron chi connectivity index (χ4n) is 2.25. The number of carbonyl (C=O) groups excluding carboxylic acids is 1. The van der Waals surface area contributed by atoms with Crippen molar-refractivity contribution in [3.05, 3.63) is 22.7 Å². The fraction of sp³-hybridized carbons (Fsp3) is 0.462. The van der Waals surface area contributed by atoms with Crippen molar-refractivity contribution in [2.24, 2.45) is 5.14 Å². The van der Waals surface area contributed by atoms with Crippen molar-refractivity contribution >= 4 is 37.5 Å². The maximum Gasteiger partial charge on any atom is 0.241 e. The molecule has 1 atom stereocenters. The lowest BCUT2D eigenvalue weighted by atomic mass is 10.1. The monoisotopic (exact) mass is 375 g/mol. The smallest absolute Gasteiger partial charge is 0.241 e. The molecule has 1 aromatic carbocycles. The quantitative estimate of drug-likeness (QED) is 0.745. The average molecular weight is 376 g/mol. The summed E-state index contributed by atoms with van der Waals surface area (Å²) in [7, 11) is -3.75. The third-order valence-electron chi connectivity index (χ3n) is 3.40. The predicted octanol–water partition coefficient (Wildman–Crippen LogP) is 1.57. The molecule has 1 saturated heterocycles. The average Bonchev–Trinajstić information content (AvgIpc) is 2.68. The van der Waals surface area contributed by atoms with E-state index in [4.69, 9.17) is 5.14 Å². The normalized spacial score (nSPS) is 19.8. The van der Waals surface area contributed by atoms with Crippen LogP contribution in [0.1, 0.15) is 25.7 Å². The molecule has 0 aromatic heterocycles. The number of primary sulfonamides is 1. The summed E-state index contributed by atoms with van der Waals surface area (Å²) in [6.45, 7) is 0.837. The molecule has 0 spiro atoms. The summed E-state index contributed by atoms with van der Waals surface area (Å²) < 4.78 is 23.0. The topological polar surface area (TPSA) is 101 Å². The van der Waals surface area contributed by atoms with E-state index in [1.165, 1.54) is 18.2 Å². The van der Waals surface area contributed by atoms with Gasteiger partial charge in [0, 0.05) is 4.47 Å². The zero-order valence-electron chi connectivity index (χ0n) is 11.4. The maximum absolute atomic E-state index is 12.2.